The van der Waals surface area contributed by atoms with Gasteiger partial charge in [0.25, 0.3) is 0 Å². The Labute approximate surface area is 197 Å². The van der Waals surface area contributed by atoms with Gasteiger partial charge < -0.3 is 15.3 Å². The lowest BCUT2D eigenvalue weighted by Gasteiger charge is -2.15. The molecule has 7 heteroatoms. The van der Waals surface area contributed by atoms with Crippen molar-refractivity contribution in [3.05, 3.63) is 94.8 Å². The number of carboxylic acid groups (broad SMARTS) is 1. The maximum Gasteiger partial charge on any atom is 0.303 e. The Kier molecular flexibility index (Phi) is 6.84. The number of amides is 1. The van der Waals surface area contributed by atoms with Crippen LogP contribution in [0.15, 0.2) is 71.7 Å². The molecular weight excluding hydrogens is 433 g/mol. The van der Waals surface area contributed by atoms with Gasteiger partial charge in [0, 0.05) is 18.7 Å². The van der Waals surface area contributed by atoms with Gasteiger partial charge in [-0.3, -0.25) is 14.6 Å². The minimum Gasteiger partial charge on any atom is -0.481 e. The van der Waals surface area contributed by atoms with Gasteiger partial charge in [0.2, 0.25) is 5.91 Å². The summed E-state index contributed by atoms with van der Waals surface area (Å²) in [5, 5.41) is 11.8. The first-order valence-corrected chi connectivity index (χ1v) is 11.0. The molecule has 1 amide bonds. The number of aliphatic imine (C=N–C) groups is 1. The van der Waals surface area contributed by atoms with E-state index in [0.717, 1.165) is 23.2 Å². The quantitative estimate of drug-likeness (QED) is 0.476. The number of carbonyl (C=O) groups is 2. The second-order valence-corrected chi connectivity index (χ2v) is 8.65. The summed E-state index contributed by atoms with van der Waals surface area (Å²) in [6, 6.07) is 19.5. The molecule has 0 saturated heterocycles. The van der Waals surface area contributed by atoms with Crippen molar-refractivity contribution < 1.29 is 19.1 Å². The summed E-state index contributed by atoms with van der Waals surface area (Å²) in [6.45, 7) is 0.798. The van der Waals surface area contributed by atoms with Crippen molar-refractivity contribution in [1.29, 1.82) is 0 Å². The lowest BCUT2D eigenvalue weighted by atomic mass is 9.89. The van der Waals surface area contributed by atoms with Crippen LogP contribution in [-0.4, -0.2) is 41.7 Å². The second kappa shape index (κ2) is 9.97. The Hall–Kier alpha value is -3.84. The lowest BCUT2D eigenvalue weighted by molar-refractivity contribution is -0.137. The third kappa shape index (κ3) is 5.38. The number of nitrogens with one attached hydrogen (secondary N) is 1. The fourth-order valence-electron chi connectivity index (χ4n) is 4.12. The van der Waals surface area contributed by atoms with Crippen LogP contribution in [0.5, 0.6) is 0 Å². The zero-order valence-corrected chi connectivity index (χ0v) is 19.1. The smallest absolute Gasteiger partial charge is 0.303 e. The molecule has 1 aliphatic heterocycles. The van der Waals surface area contributed by atoms with E-state index in [9.17, 15) is 14.0 Å². The van der Waals surface area contributed by atoms with Crippen LogP contribution < -0.4 is 5.32 Å². The molecule has 6 nitrogen and oxygen atoms in total. The molecule has 0 aromatic heterocycles. The number of hydrogen-bond acceptors (Lipinski definition) is 4. The molecule has 0 aliphatic carbocycles. The van der Waals surface area contributed by atoms with Gasteiger partial charge in [-0.15, -0.1) is 0 Å². The van der Waals surface area contributed by atoms with E-state index in [0.29, 0.717) is 29.1 Å². The average molecular weight is 460 g/mol. The van der Waals surface area contributed by atoms with Crippen LogP contribution in [0.1, 0.15) is 34.6 Å². The van der Waals surface area contributed by atoms with Gasteiger partial charge in [-0.2, -0.15) is 0 Å². The van der Waals surface area contributed by atoms with E-state index in [1.807, 2.05) is 62.6 Å². The highest BCUT2D eigenvalue weighted by Gasteiger charge is 2.35. The Morgan fingerprint density at radius 1 is 1.06 bits per heavy atom. The van der Waals surface area contributed by atoms with Gasteiger partial charge in [-0.25, -0.2) is 4.39 Å². The van der Waals surface area contributed by atoms with Crippen LogP contribution in [0.3, 0.4) is 0 Å². The minimum atomic E-state index is -0.872. The van der Waals surface area contributed by atoms with E-state index in [4.69, 9.17) is 10.1 Å². The summed E-state index contributed by atoms with van der Waals surface area (Å²) in [5.74, 6) is -2.29. The highest BCUT2D eigenvalue weighted by molar-refractivity contribution is 6.24. The maximum atomic E-state index is 13.8. The van der Waals surface area contributed by atoms with E-state index in [1.54, 1.807) is 6.07 Å². The molecule has 0 fully saturated rings. The highest BCUT2D eigenvalue weighted by atomic mass is 19.1. The number of halogens is 1. The number of hydrogen-bond donors (Lipinski definition) is 2. The number of carbonyl (C=O) groups excluding carboxylic acids is 1. The largest absolute Gasteiger partial charge is 0.481 e. The maximum absolute atomic E-state index is 13.8. The Morgan fingerprint density at radius 2 is 1.82 bits per heavy atom. The Morgan fingerprint density at radius 3 is 2.53 bits per heavy atom. The second-order valence-electron chi connectivity index (χ2n) is 8.65. The lowest BCUT2D eigenvalue weighted by Crippen LogP contribution is -2.22. The molecule has 0 saturated carbocycles. The van der Waals surface area contributed by atoms with Crippen molar-refractivity contribution >= 4 is 29.0 Å². The predicted octanol–water partition coefficient (Wildman–Crippen LogP) is 4.76. The Balaban J connectivity index is 1.78. The monoisotopic (exact) mass is 459 g/mol. The molecule has 1 atom stereocenters. The van der Waals surface area contributed by atoms with Crippen LogP contribution in [0.2, 0.25) is 0 Å². The van der Waals surface area contributed by atoms with E-state index in [-0.39, 0.29) is 12.3 Å². The molecule has 1 unspecified atom stereocenters. The molecule has 1 heterocycles. The Bertz CT molecular complexity index is 1250. The van der Waals surface area contributed by atoms with Gasteiger partial charge in [-0.05, 0) is 73.1 Å². The third-order valence-corrected chi connectivity index (χ3v) is 5.65. The standard InChI is InChI=1S/C27H26FN3O3/c1-31(2)16-18-6-10-21(11-7-18)29-26(19-5-3-4-17(14-19)8-13-24(32)33)25-22-12-9-20(28)15-23(22)30-27(25)34/h3-7,9-12,14-15,25H,8,13,16H2,1-2H3,(H,30,34)(H,32,33). The zero-order chi connectivity index (χ0) is 24.2. The van der Waals surface area contributed by atoms with Gasteiger partial charge in [0.15, 0.2) is 0 Å². The highest BCUT2D eigenvalue weighted by Crippen LogP contribution is 2.37. The number of aliphatic carboxylic acids is 1. The van der Waals surface area contributed by atoms with Crippen molar-refractivity contribution in [1.82, 2.24) is 4.90 Å². The van der Waals surface area contributed by atoms with Crippen molar-refractivity contribution in [2.24, 2.45) is 4.99 Å². The van der Waals surface area contributed by atoms with Gasteiger partial charge in [0.1, 0.15) is 11.7 Å². The molecule has 3 aromatic carbocycles. The SMILES string of the molecule is CN(C)Cc1ccc(N=C(c2cccc(CCC(=O)O)c2)C2C(=O)Nc3cc(F)ccc32)cc1. The van der Waals surface area contributed by atoms with Crippen molar-refractivity contribution in [3.8, 4) is 0 Å². The van der Waals surface area contributed by atoms with Gasteiger partial charge in [-0.1, -0.05) is 36.4 Å². The van der Waals surface area contributed by atoms with E-state index in [1.165, 1.54) is 12.1 Å². The number of benzene rings is 3. The topological polar surface area (TPSA) is 82.0 Å². The number of carboxylic acids is 1. The van der Waals surface area contributed by atoms with Crippen LogP contribution >= 0.6 is 0 Å². The molecule has 1 aliphatic rings. The van der Waals surface area contributed by atoms with Crippen LogP contribution in [0.25, 0.3) is 0 Å². The number of fused-ring (bicyclic) bond motifs is 1. The number of rotatable bonds is 8. The molecule has 2 N–H and O–H groups in total. The van der Waals surface area contributed by atoms with Crippen molar-refractivity contribution in [3.63, 3.8) is 0 Å². The van der Waals surface area contributed by atoms with Crippen LogP contribution in [0, 0.1) is 5.82 Å². The van der Waals surface area contributed by atoms with E-state index < -0.39 is 17.7 Å². The number of anilines is 1. The van der Waals surface area contributed by atoms with E-state index in [2.05, 4.69) is 10.2 Å². The summed E-state index contributed by atoms with van der Waals surface area (Å²) >= 11 is 0. The molecule has 0 spiro atoms. The number of nitrogens with zero attached hydrogens (tertiary/aromatic N) is 2. The first kappa shape index (κ1) is 23.3. The number of aryl methyl sites for hydroxylation is 1. The van der Waals surface area contributed by atoms with Gasteiger partial charge in [0.05, 0.1) is 11.4 Å². The minimum absolute atomic E-state index is 0.00922. The predicted molar refractivity (Wildman–Crippen MR) is 130 cm³/mol. The summed E-state index contributed by atoms with van der Waals surface area (Å²) in [4.78, 5) is 31.0. The fourth-order valence-corrected chi connectivity index (χ4v) is 4.12. The van der Waals surface area contributed by atoms with Crippen molar-refractivity contribution in [2.45, 2.75) is 25.3 Å². The molecule has 0 bridgehead atoms. The molecule has 4 rings (SSSR count). The molecule has 174 valence electrons. The average Bonchev–Trinajstić information content (AvgIpc) is 3.11. The molecular formula is C27H26FN3O3. The molecule has 0 radical (unpaired) electrons. The van der Waals surface area contributed by atoms with Gasteiger partial charge >= 0.3 is 5.97 Å². The van der Waals surface area contributed by atoms with E-state index >= 15 is 0 Å². The van der Waals surface area contributed by atoms with Crippen LogP contribution in [0.4, 0.5) is 15.8 Å². The first-order chi connectivity index (χ1) is 16.3. The summed E-state index contributed by atoms with van der Waals surface area (Å²) in [5.41, 5.74) is 5.01. The molecule has 34 heavy (non-hydrogen) atoms. The third-order valence-electron chi connectivity index (χ3n) is 5.65. The summed E-state index contributed by atoms with van der Waals surface area (Å²) in [6.07, 6.45) is 0.379. The summed E-state index contributed by atoms with van der Waals surface area (Å²) in [7, 11) is 4.00. The summed E-state index contributed by atoms with van der Waals surface area (Å²) < 4.78 is 13.8. The zero-order valence-electron chi connectivity index (χ0n) is 19.1. The van der Waals surface area contributed by atoms with Crippen molar-refractivity contribution in [2.75, 3.05) is 19.4 Å². The fraction of sp³-hybridized carbons (Fsp3) is 0.222. The normalized spacial score (nSPS) is 15.4. The van der Waals surface area contributed by atoms with Crippen LogP contribution in [-0.2, 0) is 22.6 Å². The first-order valence-electron chi connectivity index (χ1n) is 11.0. The molecule has 3 aromatic rings.